The fourth-order valence-corrected chi connectivity index (χ4v) is 6.71. The van der Waals surface area contributed by atoms with Crippen LogP contribution < -0.4 is 5.32 Å². The van der Waals surface area contributed by atoms with E-state index in [2.05, 4.69) is 124 Å². The van der Waals surface area contributed by atoms with Crippen LogP contribution in [0.15, 0.2) is 152 Å². The smallest absolute Gasteiger partial charge is 0.143 e. The maximum atomic E-state index is 14.4. The average Bonchev–Trinajstić information content (AvgIpc) is 3.45. The monoisotopic (exact) mass is 594 g/mol. The molecule has 0 fully saturated rings. The third kappa shape index (κ3) is 4.36. The van der Waals surface area contributed by atoms with Gasteiger partial charge in [-0.25, -0.2) is 4.39 Å². The second kappa shape index (κ2) is 10.5. The second-order valence-corrected chi connectivity index (χ2v) is 11.7. The van der Waals surface area contributed by atoms with Gasteiger partial charge < -0.3 is 9.88 Å². The highest BCUT2D eigenvalue weighted by atomic mass is 19.1. The number of nitrogens with one attached hydrogen (secondary N) is 1. The van der Waals surface area contributed by atoms with Crippen LogP contribution in [-0.4, -0.2) is 14.5 Å². The maximum absolute atomic E-state index is 14.4. The number of para-hydroxylation sites is 1. The molecule has 0 radical (unpaired) electrons. The van der Waals surface area contributed by atoms with E-state index in [-0.39, 0.29) is 11.9 Å². The molecule has 0 bridgehead atoms. The van der Waals surface area contributed by atoms with Crippen molar-refractivity contribution in [2.75, 3.05) is 0 Å². The molecule has 4 heterocycles. The van der Waals surface area contributed by atoms with Gasteiger partial charge >= 0.3 is 0 Å². The molecule has 218 valence electrons. The Bertz CT molecular complexity index is 2520. The normalized spacial score (nSPS) is 14.4. The predicted octanol–water partition coefficient (Wildman–Crippen LogP) is 10.1. The van der Waals surface area contributed by atoms with Crippen molar-refractivity contribution < 1.29 is 4.39 Å². The number of hydrogen-bond donors (Lipinski definition) is 1. The first-order valence-electron chi connectivity index (χ1n) is 15.4. The minimum absolute atomic E-state index is 0.0348. The standard InChI is InChI=1S/C41H27FN4/c42-31-24-40-41(44-25-31)35-9-3-4-11-39(35)46(40)32-17-14-26(15-18-32)30-22-37(45-38(23-30)36-10-5-6-20-43-36)29-16-19-34-28(21-29)13-12-27-7-1-2-8-33(27)34/h1-25,36,43H. The molecule has 0 amide bonds. The largest absolute Gasteiger partial charge is 0.379 e. The van der Waals surface area contributed by atoms with Gasteiger partial charge in [0.05, 0.1) is 40.2 Å². The van der Waals surface area contributed by atoms with Crippen LogP contribution in [0.4, 0.5) is 4.39 Å². The minimum atomic E-state index is -0.355. The topological polar surface area (TPSA) is 42.7 Å². The van der Waals surface area contributed by atoms with Crippen LogP contribution in [0.5, 0.6) is 0 Å². The highest BCUT2D eigenvalue weighted by Crippen LogP contribution is 2.35. The van der Waals surface area contributed by atoms with Crippen LogP contribution in [0.25, 0.3) is 71.6 Å². The summed E-state index contributed by atoms with van der Waals surface area (Å²) in [5.41, 5.74) is 8.54. The number of allylic oxidation sites excluding steroid dienone is 2. The van der Waals surface area contributed by atoms with Crippen LogP contribution in [0.1, 0.15) is 11.7 Å². The molecule has 5 aromatic carbocycles. The SMILES string of the molecule is Fc1cnc2c3ccccc3n(-c3ccc(-c4cc(-c5ccc6c(ccc7ccccc76)c5)nc(C5C=CC=CN5)c4)cc3)c2c1. The van der Waals surface area contributed by atoms with Crippen molar-refractivity contribution in [3.05, 3.63) is 163 Å². The average molecular weight is 595 g/mol. The summed E-state index contributed by atoms with van der Waals surface area (Å²) in [6.45, 7) is 0. The quantitative estimate of drug-likeness (QED) is 0.206. The summed E-state index contributed by atoms with van der Waals surface area (Å²) >= 11 is 0. The van der Waals surface area contributed by atoms with E-state index in [0.717, 1.165) is 55.7 Å². The van der Waals surface area contributed by atoms with E-state index >= 15 is 0 Å². The Labute approximate surface area is 264 Å². The number of dihydropyridines is 1. The number of nitrogens with zero attached hydrogens (tertiary/aromatic N) is 3. The fourth-order valence-electron chi connectivity index (χ4n) is 6.71. The van der Waals surface area contributed by atoms with Gasteiger partial charge in [-0.05, 0) is 81.3 Å². The van der Waals surface area contributed by atoms with Crippen molar-refractivity contribution in [2.24, 2.45) is 0 Å². The number of pyridine rings is 2. The minimum Gasteiger partial charge on any atom is -0.379 e. The van der Waals surface area contributed by atoms with Crippen molar-refractivity contribution in [3.63, 3.8) is 0 Å². The number of aromatic nitrogens is 3. The van der Waals surface area contributed by atoms with E-state index in [0.29, 0.717) is 0 Å². The molecule has 5 heteroatoms. The first-order valence-corrected chi connectivity index (χ1v) is 15.4. The van der Waals surface area contributed by atoms with Gasteiger partial charge in [0, 0.05) is 22.7 Å². The van der Waals surface area contributed by atoms with E-state index in [1.54, 1.807) is 6.07 Å². The molecular weight excluding hydrogens is 567 g/mol. The zero-order chi connectivity index (χ0) is 30.6. The third-order valence-corrected chi connectivity index (χ3v) is 8.93. The number of halogens is 1. The van der Waals surface area contributed by atoms with Gasteiger partial charge in [-0.3, -0.25) is 9.97 Å². The Kier molecular flexibility index (Phi) is 6.03. The number of rotatable bonds is 4. The molecule has 8 aromatic rings. The lowest BCUT2D eigenvalue weighted by Crippen LogP contribution is -2.16. The molecule has 0 aliphatic carbocycles. The van der Waals surface area contributed by atoms with E-state index in [4.69, 9.17) is 4.98 Å². The van der Waals surface area contributed by atoms with Crippen molar-refractivity contribution >= 4 is 43.5 Å². The summed E-state index contributed by atoms with van der Waals surface area (Å²) < 4.78 is 16.5. The molecule has 0 spiro atoms. The first kappa shape index (κ1) is 26.3. The zero-order valence-electron chi connectivity index (χ0n) is 24.7. The summed E-state index contributed by atoms with van der Waals surface area (Å²) in [5.74, 6) is -0.355. The summed E-state index contributed by atoms with van der Waals surface area (Å²) in [6, 6.07) is 41.9. The van der Waals surface area contributed by atoms with Crippen molar-refractivity contribution in [1.82, 2.24) is 19.9 Å². The van der Waals surface area contributed by atoms with Crippen LogP contribution in [0.2, 0.25) is 0 Å². The molecule has 1 aliphatic rings. The highest BCUT2D eigenvalue weighted by Gasteiger charge is 2.17. The lowest BCUT2D eigenvalue weighted by atomic mass is 9.96. The molecule has 1 atom stereocenters. The Morgan fingerprint density at radius 2 is 1.41 bits per heavy atom. The second-order valence-electron chi connectivity index (χ2n) is 11.7. The summed E-state index contributed by atoms with van der Waals surface area (Å²) in [7, 11) is 0. The molecule has 9 rings (SSSR count). The van der Waals surface area contributed by atoms with Gasteiger partial charge in [0.25, 0.3) is 0 Å². The lowest BCUT2D eigenvalue weighted by molar-refractivity contribution is 0.624. The van der Waals surface area contributed by atoms with Gasteiger partial charge in [-0.1, -0.05) is 91.0 Å². The van der Waals surface area contributed by atoms with Crippen molar-refractivity contribution in [2.45, 2.75) is 6.04 Å². The lowest BCUT2D eigenvalue weighted by Gasteiger charge is -2.18. The Balaban J connectivity index is 1.17. The van der Waals surface area contributed by atoms with E-state index in [1.165, 1.54) is 27.7 Å². The molecule has 1 unspecified atom stereocenters. The Morgan fingerprint density at radius 3 is 2.28 bits per heavy atom. The molecule has 0 saturated heterocycles. The van der Waals surface area contributed by atoms with Crippen LogP contribution in [-0.2, 0) is 0 Å². The molecule has 1 aliphatic heterocycles. The Hall–Kier alpha value is -6.07. The molecule has 3 aromatic heterocycles. The molecule has 0 saturated carbocycles. The Morgan fingerprint density at radius 1 is 0.630 bits per heavy atom. The molecule has 4 nitrogen and oxygen atoms in total. The van der Waals surface area contributed by atoms with E-state index < -0.39 is 0 Å². The van der Waals surface area contributed by atoms with Crippen molar-refractivity contribution in [3.8, 4) is 28.1 Å². The van der Waals surface area contributed by atoms with Crippen LogP contribution in [0, 0.1) is 5.82 Å². The van der Waals surface area contributed by atoms with Crippen molar-refractivity contribution in [1.29, 1.82) is 0 Å². The van der Waals surface area contributed by atoms with Gasteiger partial charge in [-0.2, -0.15) is 0 Å². The highest BCUT2D eigenvalue weighted by molar-refractivity contribution is 6.08. The summed E-state index contributed by atoms with van der Waals surface area (Å²) in [6.07, 6.45) is 9.40. The number of fused-ring (bicyclic) bond motifs is 6. The first-order chi connectivity index (χ1) is 22.7. The van der Waals surface area contributed by atoms with Crippen LogP contribution in [0.3, 0.4) is 0 Å². The predicted molar refractivity (Wildman–Crippen MR) is 186 cm³/mol. The number of hydrogen-bond acceptors (Lipinski definition) is 3. The summed E-state index contributed by atoms with van der Waals surface area (Å²) in [4.78, 5) is 9.59. The van der Waals surface area contributed by atoms with E-state index in [9.17, 15) is 4.39 Å². The van der Waals surface area contributed by atoms with Gasteiger partial charge in [0.2, 0.25) is 0 Å². The number of benzene rings is 5. The van der Waals surface area contributed by atoms with Crippen LogP contribution >= 0.6 is 0 Å². The fraction of sp³-hybridized carbons (Fsp3) is 0.0244. The van der Waals surface area contributed by atoms with E-state index in [1.807, 2.05) is 30.5 Å². The van der Waals surface area contributed by atoms with Gasteiger partial charge in [0.15, 0.2) is 0 Å². The maximum Gasteiger partial charge on any atom is 0.143 e. The molecule has 46 heavy (non-hydrogen) atoms. The van der Waals surface area contributed by atoms with Gasteiger partial charge in [-0.15, -0.1) is 0 Å². The molecular formula is C41H27FN4. The zero-order valence-corrected chi connectivity index (χ0v) is 24.7. The summed E-state index contributed by atoms with van der Waals surface area (Å²) in [5, 5.41) is 9.34. The van der Waals surface area contributed by atoms with Gasteiger partial charge in [0.1, 0.15) is 5.82 Å². The molecule has 1 N–H and O–H groups in total. The third-order valence-electron chi connectivity index (χ3n) is 8.93.